The summed E-state index contributed by atoms with van der Waals surface area (Å²) in [5.74, 6) is -2.99. The van der Waals surface area contributed by atoms with E-state index >= 15 is 0 Å². The Hall–Kier alpha value is -2.20. The van der Waals surface area contributed by atoms with Crippen LogP contribution in [0, 0.1) is 12.8 Å². The number of carboxylic acid groups (broad SMARTS) is 1. The fourth-order valence-corrected chi connectivity index (χ4v) is 6.32. The quantitative estimate of drug-likeness (QED) is 0.650. The summed E-state index contributed by atoms with van der Waals surface area (Å²) in [4.78, 5) is 29.3. The zero-order valence-corrected chi connectivity index (χ0v) is 17.7. The standard InChI is InChI=1S/C20H19F3N2O3S2/c1-9-8-29-17(24-9)15-13-6-5-10(20(21,22)23)7-14(13)30-18(15)25-16(26)11-3-2-4-12(11)19(27)28/h8,10H,2-7H2,1H3,(H,25,26)(H,27,28)/t10-/m0/s1. The van der Waals surface area contributed by atoms with Gasteiger partial charge in [-0.2, -0.15) is 13.2 Å². The minimum atomic E-state index is -4.26. The predicted molar refractivity (Wildman–Crippen MR) is 109 cm³/mol. The van der Waals surface area contributed by atoms with Crippen molar-refractivity contribution in [2.24, 2.45) is 5.92 Å². The summed E-state index contributed by atoms with van der Waals surface area (Å²) in [6, 6.07) is 0. The summed E-state index contributed by atoms with van der Waals surface area (Å²) in [6.07, 6.45) is -2.79. The van der Waals surface area contributed by atoms with Gasteiger partial charge in [0, 0.05) is 32.7 Å². The molecule has 2 aliphatic rings. The van der Waals surface area contributed by atoms with Gasteiger partial charge in [-0.05, 0) is 51.0 Å². The van der Waals surface area contributed by atoms with E-state index in [1.807, 2.05) is 12.3 Å². The molecule has 1 amide bonds. The summed E-state index contributed by atoms with van der Waals surface area (Å²) in [5.41, 5.74) is 2.63. The van der Waals surface area contributed by atoms with Crippen LogP contribution in [0.5, 0.6) is 0 Å². The molecule has 2 N–H and O–H groups in total. The third-order valence-corrected chi connectivity index (χ3v) is 7.69. The lowest BCUT2D eigenvalue weighted by molar-refractivity contribution is -0.176. The molecular weight excluding hydrogens is 437 g/mol. The predicted octanol–water partition coefficient (Wildman–Crippen LogP) is 5.35. The van der Waals surface area contributed by atoms with Gasteiger partial charge in [0.15, 0.2) is 0 Å². The van der Waals surface area contributed by atoms with Gasteiger partial charge in [0.25, 0.3) is 5.91 Å². The highest BCUT2D eigenvalue weighted by molar-refractivity contribution is 7.18. The van der Waals surface area contributed by atoms with Crippen LogP contribution in [0.2, 0.25) is 0 Å². The van der Waals surface area contributed by atoms with Crippen molar-refractivity contribution in [3.63, 3.8) is 0 Å². The molecule has 4 rings (SSSR count). The van der Waals surface area contributed by atoms with Crippen molar-refractivity contribution >= 4 is 39.6 Å². The zero-order valence-electron chi connectivity index (χ0n) is 16.1. The number of halogens is 3. The molecule has 0 aliphatic heterocycles. The van der Waals surface area contributed by atoms with Gasteiger partial charge in [-0.1, -0.05) is 0 Å². The molecule has 2 aliphatic carbocycles. The highest BCUT2D eigenvalue weighted by Crippen LogP contribution is 2.48. The fraction of sp³-hybridized carbons (Fsp3) is 0.450. The van der Waals surface area contributed by atoms with E-state index in [9.17, 15) is 27.9 Å². The molecule has 0 bridgehead atoms. The van der Waals surface area contributed by atoms with Gasteiger partial charge in [0.2, 0.25) is 0 Å². The SMILES string of the molecule is Cc1csc(-c2c(NC(=O)C3=C(C(=O)O)CCC3)sc3c2CC[C@H](C(F)(F)F)C3)n1. The number of carbonyl (C=O) groups excluding carboxylic acids is 1. The number of aromatic nitrogens is 1. The van der Waals surface area contributed by atoms with E-state index in [0.29, 0.717) is 39.7 Å². The highest BCUT2D eigenvalue weighted by atomic mass is 32.1. The lowest BCUT2D eigenvalue weighted by atomic mass is 9.87. The first-order chi connectivity index (χ1) is 14.1. The number of nitrogens with one attached hydrogen (secondary N) is 1. The summed E-state index contributed by atoms with van der Waals surface area (Å²) in [6.45, 7) is 1.83. The molecule has 0 saturated heterocycles. The van der Waals surface area contributed by atoms with Crippen molar-refractivity contribution in [3.8, 4) is 10.6 Å². The number of alkyl halides is 3. The number of aliphatic carboxylic acids is 1. The third-order valence-electron chi connectivity index (χ3n) is 5.54. The van der Waals surface area contributed by atoms with Crippen LogP contribution in [0.4, 0.5) is 18.2 Å². The van der Waals surface area contributed by atoms with Crippen LogP contribution in [0.25, 0.3) is 10.6 Å². The molecular formula is C20H19F3N2O3S2. The lowest BCUT2D eigenvalue weighted by Crippen LogP contribution is -2.28. The van der Waals surface area contributed by atoms with Crippen LogP contribution in [-0.2, 0) is 22.4 Å². The number of fused-ring (bicyclic) bond motifs is 1. The van der Waals surface area contributed by atoms with Crippen molar-refractivity contribution in [3.05, 3.63) is 32.7 Å². The second-order valence-corrected chi connectivity index (χ2v) is 9.52. The maximum absolute atomic E-state index is 13.3. The third kappa shape index (κ3) is 3.90. The van der Waals surface area contributed by atoms with Crippen LogP contribution in [0.1, 0.15) is 41.8 Å². The number of anilines is 1. The first kappa shape index (κ1) is 21.0. The molecule has 2 aromatic rings. The highest BCUT2D eigenvalue weighted by Gasteiger charge is 2.43. The van der Waals surface area contributed by atoms with E-state index in [-0.39, 0.29) is 30.4 Å². The fourth-order valence-electron chi connectivity index (χ4n) is 4.06. The number of aryl methyl sites for hydroxylation is 1. The summed E-state index contributed by atoms with van der Waals surface area (Å²) in [7, 11) is 0. The summed E-state index contributed by atoms with van der Waals surface area (Å²) < 4.78 is 39.8. The van der Waals surface area contributed by atoms with Crippen LogP contribution >= 0.6 is 22.7 Å². The number of carbonyl (C=O) groups is 2. The number of rotatable bonds is 4. The van der Waals surface area contributed by atoms with Crippen LogP contribution in [0.3, 0.4) is 0 Å². The number of thiazole rings is 1. The van der Waals surface area contributed by atoms with Crippen LogP contribution < -0.4 is 5.32 Å². The Morgan fingerprint density at radius 3 is 2.60 bits per heavy atom. The Kier molecular flexibility index (Phi) is 5.48. The van der Waals surface area contributed by atoms with Gasteiger partial charge in [-0.25, -0.2) is 9.78 Å². The molecule has 0 unspecified atom stereocenters. The Bertz CT molecular complexity index is 1050. The lowest BCUT2D eigenvalue weighted by Gasteiger charge is -2.24. The van der Waals surface area contributed by atoms with Gasteiger partial charge in [-0.15, -0.1) is 22.7 Å². The van der Waals surface area contributed by atoms with Crippen molar-refractivity contribution in [1.29, 1.82) is 0 Å². The first-order valence-electron chi connectivity index (χ1n) is 9.55. The maximum Gasteiger partial charge on any atom is 0.392 e. The average molecular weight is 457 g/mol. The van der Waals surface area contributed by atoms with E-state index < -0.39 is 24.0 Å². The number of hydrogen-bond acceptors (Lipinski definition) is 5. The van der Waals surface area contributed by atoms with Gasteiger partial charge in [0.1, 0.15) is 10.0 Å². The van der Waals surface area contributed by atoms with Crippen LogP contribution in [0.15, 0.2) is 16.5 Å². The molecule has 0 saturated carbocycles. The first-order valence-corrected chi connectivity index (χ1v) is 11.2. The van der Waals surface area contributed by atoms with E-state index in [1.54, 1.807) is 0 Å². The Morgan fingerprint density at radius 1 is 1.23 bits per heavy atom. The van der Waals surface area contributed by atoms with Gasteiger partial charge < -0.3 is 10.4 Å². The molecule has 160 valence electrons. The molecule has 0 radical (unpaired) electrons. The average Bonchev–Trinajstić information content (AvgIpc) is 3.37. The number of nitrogens with zero attached hydrogens (tertiary/aromatic N) is 1. The van der Waals surface area contributed by atoms with Gasteiger partial charge in [-0.3, -0.25) is 4.79 Å². The molecule has 2 heterocycles. The Balaban J connectivity index is 1.73. The van der Waals surface area contributed by atoms with E-state index in [0.717, 1.165) is 22.6 Å². The normalized spacial score (nSPS) is 19.1. The smallest absolute Gasteiger partial charge is 0.392 e. The number of hydrogen-bond donors (Lipinski definition) is 2. The van der Waals surface area contributed by atoms with Crippen molar-refractivity contribution < 1.29 is 27.9 Å². The molecule has 1 atom stereocenters. The second kappa shape index (κ2) is 7.81. The van der Waals surface area contributed by atoms with Crippen LogP contribution in [-0.4, -0.2) is 28.1 Å². The summed E-state index contributed by atoms with van der Waals surface area (Å²) >= 11 is 2.53. The molecule has 0 spiro atoms. The molecule has 5 nitrogen and oxygen atoms in total. The largest absolute Gasteiger partial charge is 0.478 e. The topological polar surface area (TPSA) is 79.3 Å². The maximum atomic E-state index is 13.3. The van der Waals surface area contributed by atoms with E-state index in [2.05, 4.69) is 10.3 Å². The molecule has 2 aromatic heterocycles. The summed E-state index contributed by atoms with van der Waals surface area (Å²) in [5, 5.41) is 15.1. The minimum absolute atomic E-state index is 0.00624. The van der Waals surface area contributed by atoms with Crippen molar-refractivity contribution in [2.45, 2.75) is 51.6 Å². The monoisotopic (exact) mass is 456 g/mol. The molecule has 0 fully saturated rings. The second-order valence-electron chi connectivity index (χ2n) is 7.55. The number of carboxylic acids is 1. The minimum Gasteiger partial charge on any atom is -0.478 e. The van der Waals surface area contributed by atoms with Gasteiger partial charge >= 0.3 is 12.1 Å². The van der Waals surface area contributed by atoms with Gasteiger partial charge in [0.05, 0.1) is 5.92 Å². The van der Waals surface area contributed by atoms with Crippen molar-refractivity contribution in [1.82, 2.24) is 4.98 Å². The van der Waals surface area contributed by atoms with Crippen molar-refractivity contribution in [2.75, 3.05) is 5.32 Å². The Labute approximate surface area is 178 Å². The van der Waals surface area contributed by atoms with E-state index in [1.165, 1.54) is 11.3 Å². The number of amides is 1. The Morgan fingerprint density at radius 2 is 1.97 bits per heavy atom. The molecule has 0 aromatic carbocycles. The molecule has 10 heteroatoms. The van der Waals surface area contributed by atoms with E-state index in [4.69, 9.17) is 0 Å². The molecule has 30 heavy (non-hydrogen) atoms. The number of thiophene rings is 1. The zero-order chi connectivity index (χ0) is 21.6.